The Morgan fingerprint density at radius 3 is 3.15 bits per heavy atom. The lowest BCUT2D eigenvalue weighted by Crippen LogP contribution is -2.11. The Morgan fingerprint density at radius 1 is 1.46 bits per heavy atom. The lowest BCUT2D eigenvalue weighted by molar-refractivity contribution is 0.122. The van der Waals surface area contributed by atoms with Gasteiger partial charge in [0.05, 0.1) is 6.61 Å². The van der Waals surface area contributed by atoms with Crippen LogP contribution in [-0.2, 0) is 11.3 Å². The average molecular weight is 198 g/mol. The largest absolute Gasteiger partial charge is 0.377 e. The van der Waals surface area contributed by atoms with Crippen molar-refractivity contribution in [3.8, 4) is 0 Å². The number of benzene rings is 1. The molecule has 3 heteroatoms. The quantitative estimate of drug-likeness (QED) is 0.693. The molecule has 1 heterocycles. The predicted molar refractivity (Wildman–Crippen MR) is 52.7 cm³/mol. The molecule has 0 fully saturated rings. The van der Waals surface area contributed by atoms with Gasteiger partial charge in [0.2, 0.25) is 0 Å². The van der Waals surface area contributed by atoms with Gasteiger partial charge < -0.3 is 10.5 Å². The van der Waals surface area contributed by atoms with Crippen molar-refractivity contribution in [1.29, 1.82) is 0 Å². The molecular formula is C10H12ClNO. The molecule has 0 aliphatic carbocycles. The van der Waals surface area contributed by atoms with E-state index in [1.807, 2.05) is 18.2 Å². The lowest BCUT2D eigenvalue weighted by atomic mass is 10.0. The number of halogens is 1. The van der Waals surface area contributed by atoms with Crippen LogP contribution in [-0.4, -0.2) is 6.61 Å². The van der Waals surface area contributed by atoms with E-state index in [2.05, 4.69) is 0 Å². The highest BCUT2D eigenvalue weighted by Gasteiger charge is 2.16. The Balaban J connectivity index is 2.47. The standard InChI is InChI=1S/C10H12ClNO/c11-9-3-1-2-7-8(9)6-13-5-4-10(7)12/h1-3,10H,4-6,12H2. The zero-order valence-electron chi connectivity index (χ0n) is 7.29. The molecule has 13 heavy (non-hydrogen) atoms. The zero-order valence-corrected chi connectivity index (χ0v) is 8.05. The first kappa shape index (κ1) is 9.00. The molecule has 0 saturated carbocycles. The Morgan fingerprint density at radius 2 is 2.31 bits per heavy atom. The zero-order chi connectivity index (χ0) is 9.26. The van der Waals surface area contributed by atoms with Gasteiger partial charge in [-0.05, 0) is 18.1 Å². The molecule has 70 valence electrons. The van der Waals surface area contributed by atoms with E-state index in [-0.39, 0.29) is 6.04 Å². The second kappa shape index (κ2) is 3.66. The predicted octanol–water partition coefficient (Wildman–Crippen LogP) is 2.26. The summed E-state index contributed by atoms with van der Waals surface area (Å²) < 4.78 is 5.41. The third kappa shape index (κ3) is 1.70. The van der Waals surface area contributed by atoms with Crippen LogP contribution in [0.5, 0.6) is 0 Å². The van der Waals surface area contributed by atoms with Gasteiger partial charge >= 0.3 is 0 Å². The van der Waals surface area contributed by atoms with Crippen molar-refractivity contribution in [2.24, 2.45) is 5.73 Å². The third-order valence-corrected chi connectivity index (χ3v) is 2.73. The van der Waals surface area contributed by atoms with Crippen LogP contribution in [0, 0.1) is 0 Å². The van der Waals surface area contributed by atoms with E-state index in [4.69, 9.17) is 22.1 Å². The highest BCUT2D eigenvalue weighted by molar-refractivity contribution is 6.31. The molecular weight excluding hydrogens is 186 g/mol. The maximum absolute atomic E-state index is 6.04. The molecule has 2 nitrogen and oxygen atoms in total. The van der Waals surface area contributed by atoms with Crippen molar-refractivity contribution < 1.29 is 4.74 Å². The summed E-state index contributed by atoms with van der Waals surface area (Å²) in [6, 6.07) is 5.91. The molecule has 2 rings (SSSR count). The molecule has 0 aromatic heterocycles. The summed E-state index contributed by atoms with van der Waals surface area (Å²) in [5, 5.41) is 0.759. The van der Waals surface area contributed by atoms with Crippen LogP contribution >= 0.6 is 11.6 Å². The molecule has 1 atom stereocenters. The molecule has 0 amide bonds. The molecule has 1 aromatic rings. The monoisotopic (exact) mass is 197 g/mol. The van der Waals surface area contributed by atoms with Gasteiger partial charge in [-0.1, -0.05) is 23.7 Å². The number of ether oxygens (including phenoxy) is 1. The van der Waals surface area contributed by atoms with Crippen molar-refractivity contribution in [1.82, 2.24) is 0 Å². The van der Waals surface area contributed by atoms with Crippen molar-refractivity contribution in [3.05, 3.63) is 34.3 Å². The Bertz CT molecular complexity index is 314. The van der Waals surface area contributed by atoms with Crippen molar-refractivity contribution in [3.63, 3.8) is 0 Å². The molecule has 0 radical (unpaired) electrons. The third-order valence-electron chi connectivity index (χ3n) is 2.37. The van der Waals surface area contributed by atoms with E-state index in [1.54, 1.807) is 0 Å². The first-order valence-electron chi connectivity index (χ1n) is 4.39. The van der Waals surface area contributed by atoms with Crippen LogP contribution in [0.2, 0.25) is 5.02 Å². The minimum atomic E-state index is 0.0659. The van der Waals surface area contributed by atoms with E-state index in [9.17, 15) is 0 Å². The minimum Gasteiger partial charge on any atom is -0.377 e. The van der Waals surface area contributed by atoms with Crippen LogP contribution in [0.1, 0.15) is 23.6 Å². The van der Waals surface area contributed by atoms with E-state index in [1.165, 1.54) is 0 Å². The van der Waals surface area contributed by atoms with Gasteiger partial charge in [-0.3, -0.25) is 0 Å². The SMILES string of the molecule is NC1CCOCc2c(Cl)cccc21. The second-order valence-corrected chi connectivity index (χ2v) is 3.66. The smallest absolute Gasteiger partial charge is 0.0734 e. The van der Waals surface area contributed by atoms with E-state index in [0.29, 0.717) is 13.2 Å². The van der Waals surface area contributed by atoms with Crippen LogP contribution in [0.15, 0.2) is 18.2 Å². The van der Waals surface area contributed by atoms with E-state index in [0.717, 1.165) is 22.6 Å². The highest BCUT2D eigenvalue weighted by atomic mass is 35.5. The van der Waals surface area contributed by atoms with Gasteiger partial charge in [-0.15, -0.1) is 0 Å². The molecule has 0 bridgehead atoms. The summed E-state index contributed by atoms with van der Waals surface area (Å²) in [4.78, 5) is 0. The Labute approximate surface area is 82.6 Å². The fraction of sp³-hybridized carbons (Fsp3) is 0.400. The summed E-state index contributed by atoms with van der Waals surface area (Å²) in [5.74, 6) is 0. The minimum absolute atomic E-state index is 0.0659. The summed E-state index contributed by atoms with van der Waals surface area (Å²) in [5.41, 5.74) is 8.16. The van der Waals surface area contributed by atoms with Crippen LogP contribution in [0.25, 0.3) is 0 Å². The van der Waals surface area contributed by atoms with Crippen LogP contribution in [0.3, 0.4) is 0 Å². The fourth-order valence-electron chi connectivity index (χ4n) is 1.62. The Hall–Kier alpha value is -0.570. The molecule has 0 saturated heterocycles. The number of nitrogens with two attached hydrogens (primary N) is 1. The summed E-state index contributed by atoms with van der Waals surface area (Å²) in [6.45, 7) is 1.30. The highest BCUT2D eigenvalue weighted by Crippen LogP contribution is 2.28. The molecule has 1 aliphatic heterocycles. The van der Waals surface area contributed by atoms with Crippen LogP contribution < -0.4 is 5.73 Å². The number of rotatable bonds is 0. The number of hydrogen-bond donors (Lipinski definition) is 1. The molecule has 0 spiro atoms. The molecule has 1 unspecified atom stereocenters. The van der Waals surface area contributed by atoms with Gasteiger partial charge in [-0.2, -0.15) is 0 Å². The first-order valence-corrected chi connectivity index (χ1v) is 4.77. The lowest BCUT2D eigenvalue weighted by Gasteiger charge is -2.11. The van der Waals surface area contributed by atoms with Crippen molar-refractivity contribution in [2.75, 3.05) is 6.61 Å². The first-order chi connectivity index (χ1) is 6.29. The topological polar surface area (TPSA) is 35.2 Å². The summed E-state index contributed by atoms with van der Waals surface area (Å²) >= 11 is 6.04. The second-order valence-electron chi connectivity index (χ2n) is 3.26. The van der Waals surface area contributed by atoms with Gasteiger partial charge in [0.25, 0.3) is 0 Å². The van der Waals surface area contributed by atoms with Gasteiger partial charge in [0.15, 0.2) is 0 Å². The number of hydrogen-bond acceptors (Lipinski definition) is 2. The fourth-order valence-corrected chi connectivity index (χ4v) is 1.85. The van der Waals surface area contributed by atoms with Gasteiger partial charge in [0.1, 0.15) is 0 Å². The van der Waals surface area contributed by atoms with Crippen LogP contribution in [0.4, 0.5) is 0 Å². The van der Waals surface area contributed by atoms with Crippen molar-refractivity contribution >= 4 is 11.6 Å². The van der Waals surface area contributed by atoms with Gasteiger partial charge in [-0.25, -0.2) is 0 Å². The normalized spacial score (nSPS) is 22.2. The maximum atomic E-state index is 6.04. The maximum Gasteiger partial charge on any atom is 0.0734 e. The van der Waals surface area contributed by atoms with Gasteiger partial charge in [0, 0.05) is 23.2 Å². The summed E-state index contributed by atoms with van der Waals surface area (Å²) in [6.07, 6.45) is 0.868. The van der Waals surface area contributed by atoms with E-state index >= 15 is 0 Å². The Kier molecular flexibility index (Phi) is 2.54. The molecule has 2 N–H and O–H groups in total. The number of fused-ring (bicyclic) bond motifs is 1. The van der Waals surface area contributed by atoms with E-state index < -0.39 is 0 Å². The summed E-state index contributed by atoms with van der Waals surface area (Å²) in [7, 11) is 0. The van der Waals surface area contributed by atoms with Crippen molar-refractivity contribution in [2.45, 2.75) is 19.1 Å². The molecule has 1 aromatic carbocycles. The molecule has 1 aliphatic rings. The average Bonchev–Trinajstić information content (AvgIpc) is 2.30.